The van der Waals surface area contributed by atoms with Crippen molar-refractivity contribution in [3.8, 4) is 0 Å². The van der Waals surface area contributed by atoms with E-state index in [0.29, 0.717) is 0 Å². The first-order chi connectivity index (χ1) is 2.81. The van der Waals surface area contributed by atoms with Gasteiger partial charge in [0.1, 0.15) is 6.23 Å². The maximum Gasteiger partial charge on any atom is 0.129 e. The summed E-state index contributed by atoms with van der Waals surface area (Å²) in [5.74, 6) is 4.70. The second kappa shape index (κ2) is 3.05. The van der Waals surface area contributed by atoms with E-state index in [1.54, 1.807) is 0 Å². The van der Waals surface area contributed by atoms with Gasteiger partial charge in [-0.25, -0.2) is 5.43 Å². The lowest BCUT2D eigenvalue weighted by molar-refractivity contribution is 0.146. The van der Waals surface area contributed by atoms with Crippen LogP contribution >= 0.6 is 0 Å². The fraction of sp³-hybridized carbons (Fsp3) is 1.00. The Balaban J connectivity index is 2.75. The van der Waals surface area contributed by atoms with Gasteiger partial charge < -0.3 is 10.8 Å². The van der Waals surface area contributed by atoms with Crippen LogP contribution in [0.5, 0.6) is 0 Å². The Morgan fingerprint density at radius 3 is 2.33 bits per heavy atom. The Bertz CT molecular complexity index is 28.0. The van der Waals surface area contributed by atoms with Gasteiger partial charge in [-0.1, -0.05) is 0 Å². The van der Waals surface area contributed by atoms with Crippen molar-refractivity contribution >= 4 is 0 Å². The molecule has 0 aromatic rings. The molecule has 6 heavy (non-hydrogen) atoms. The highest BCUT2D eigenvalue weighted by molar-refractivity contribution is 4.41. The van der Waals surface area contributed by atoms with Crippen LogP contribution in [0.2, 0.25) is 0 Å². The van der Waals surface area contributed by atoms with Crippen LogP contribution in [0.1, 0.15) is 0 Å². The lowest BCUT2D eigenvalue weighted by atomic mass is 10.6. The van der Waals surface area contributed by atoms with Gasteiger partial charge in [0.05, 0.1) is 0 Å². The highest BCUT2D eigenvalue weighted by Crippen LogP contribution is 1.58. The van der Waals surface area contributed by atoms with Gasteiger partial charge in [0.2, 0.25) is 0 Å². The molecule has 1 atom stereocenters. The Kier molecular flexibility index (Phi) is 2.97. The largest absolute Gasteiger partial charge is 0.376 e. The van der Waals surface area contributed by atoms with Crippen molar-refractivity contribution in [3.63, 3.8) is 0 Å². The topological polar surface area (TPSA) is 84.3 Å². The van der Waals surface area contributed by atoms with Crippen LogP contribution < -0.4 is 17.0 Å². The predicted molar refractivity (Wildman–Crippen MR) is 22.4 cm³/mol. The van der Waals surface area contributed by atoms with E-state index in [-0.39, 0.29) is 6.54 Å². The summed E-state index contributed by atoms with van der Waals surface area (Å²) in [4.78, 5) is 0. The predicted octanol–water partition coefficient (Wildman–Crippen LogP) is -2.27. The lowest BCUT2D eigenvalue weighted by Gasteiger charge is -2.01. The molecule has 6 N–H and O–H groups in total. The van der Waals surface area contributed by atoms with Crippen LogP contribution in [0.25, 0.3) is 0 Å². The summed E-state index contributed by atoms with van der Waals surface area (Å²) in [6.07, 6.45) is -0.759. The standard InChI is InChI=1S/C2H9N3O/c3-1-2(6)5-4/h2,5-6H,1,3-4H2. The fourth-order valence-corrected chi connectivity index (χ4v) is 0.0680. The molecule has 0 fully saturated rings. The van der Waals surface area contributed by atoms with Crippen molar-refractivity contribution in [2.75, 3.05) is 6.54 Å². The smallest absolute Gasteiger partial charge is 0.129 e. The molecule has 0 saturated heterocycles. The summed E-state index contributed by atoms with van der Waals surface area (Å²) in [5, 5.41) is 8.31. The van der Waals surface area contributed by atoms with Crippen molar-refractivity contribution < 1.29 is 5.11 Å². The van der Waals surface area contributed by atoms with E-state index in [9.17, 15) is 0 Å². The van der Waals surface area contributed by atoms with Gasteiger partial charge in [0, 0.05) is 6.54 Å². The minimum absolute atomic E-state index is 0.149. The lowest BCUT2D eigenvalue weighted by Crippen LogP contribution is -2.40. The SMILES string of the molecule is NCC(O)NN. The first-order valence-electron chi connectivity index (χ1n) is 1.65. The van der Waals surface area contributed by atoms with Crippen LogP contribution in [0, 0.1) is 0 Å². The number of hydrogen-bond acceptors (Lipinski definition) is 4. The molecule has 0 spiro atoms. The van der Waals surface area contributed by atoms with E-state index in [4.69, 9.17) is 16.7 Å². The van der Waals surface area contributed by atoms with Crippen molar-refractivity contribution in [2.24, 2.45) is 11.6 Å². The zero-order chi connectivity index (χ0) is 4.99. The second-order valence-corrected chi connectivity index (χ2v) is 0.918. The molecule has 4 nitrogen and oxygen atoms in total. The zero-order valence-corrected chi connectivity index (χ0v) is 3.39. The number of nitrogens with one attached hydrogen (secondary N) is 1. The number of rotatable bonds is 2. The summed E-state index contributed by atoms with van der Waals surface area (Å²) in [7, 11) is 0. The Hall–Kier alpha value is -0.160. The van der Waals surface area contributed by atoms with E-state index < -0.39 is 6.23 Å². The summed E-state index contributed by atoms with van der Waals surface area (Å²) < 4.78 is 0. The normalized spacial score (nSPS) is 14.5. The maximum absolute atomic E-state index is 8.31. The number of hydrogen-bond donors (Lipinski definition) is 4. The van der Waals surface area contributed by atoms with Crippen LogP contribution in [-0.4, -0.2) is 17.9 Å². The highest BCUT2D eigenvalue weighted by Gasteiger charge is 1.89. The summed E-state index contributed by atoms with van der Waals surface area (Å²) >= 11 is 0. The molecule has 0 amide bonds. The van der Waals surface area contributed by atoms with Gasteiger partial charge >= 0.3 is 0 Å². The summed E-state index contributed by atoms with van der Waals surface area (Å²) in [6, 6.07) is 0. The third-order valence-corrected chi connectivity index (χ3v) is 0.416. The quantitative estimate of drug-likeness (QED) is 0.175. The van der Waals surface area contributed by atoms with E-state index in [2.05, 4.69) is 0 Å². The van der Waals surface area contributed by atoms with Crippen LogP contribution in [0.4, 0.5) is 0 Å². The van der Waals surface area contributed by atoms with E-state index >= 15 is 0 Å². The highest BCUT2D eigenvalue weighted by atomic mass is 16.3. The minimum Gasteiger partial charge on any atom is -0.376 e. The molecule has 0 aliphatic carbocycles. The minimum atomic E-state index is -0.759. The van der Waals surface area contributed by atoms with Gasteiger partial charge in [-0.15, -0.1) is 0 Å². The molecular formula is C2H9N3O. The molecule has 38 valence electrons. The van der Waals surface area contributed by atoms with Crippen molar-refractivity contribution in [1.29, 1.82) is 0 Å². The Labute approximate surface area is 36.1 Å². The van der Waals surface area contributed by atoms with Crippen molar-refractivity contribution in [2.45, 2.75) is 6.23 Å². The number of nitrogens with two attached hydrogens (primary N) is 2. The van der Waals surface area contributed by atoms with E-state index in [1.807, 2.05) is 5.43 Å². The van der Waals surface area contributed by atoms with Gasteiger partial charge in [0.25, 0.3) is 0 Å². The fourth-order valence-electron chi connectivity index (χ4n) is 0.0680. The summed E-state index contributed by atoms with van der Waals surface area (Å²) in [5.41, 5.74) is 6.94. The molecule has 0 radical (unpaired) electrons. The van der Waals surface area contributed by atoms with Crippen molar-refractivity contribution in [1.82, 2.24) is 5.43 Å². The zero-order valence-electron chi connectivity index (χ0n) is 3.39. The average Bonchev–Trinajstić information content (AvgIpc) is 1.65. The summed E-state index contributed by atoms with van der Waals surface area (Å²) in [6.45, 7) is 0.149. The first kappa shape index (κ1) is 5.84. The van der Waals surface area contributed by atoms with E-state index in [1.165, 1.54) is 0 Å². The third-order valence-electron chi connectivity index (χ3n) is 0.416. The van der Waals surface area contributed by atoms with Gasteiger partial charge in [-0.05, 0) is 0 Å². The monoisotopic (exact) mass is 91.1 g/mol. The molecule has 0 aromatic heterocycles. The molecular weight excluding hydrogens is 82.0 g/mol. The molecule has 0 saturated carbocycles. The second-order valence-electron chi connectivity index (χ2n) is 0.918. The molecule has 0 bridgehead atoms. The maximum atomic E-state index is 8.31. The number of aliphatic hydroxyl groups is 1. The van der Waals surface area contributed by atoms with Crippen molar-refractivity contribution in [3.05, 3.63) is 0 Å². The Morgan fingerprint density at radius 2 is 2.33 bits per heavy atom. The van der Waals surface area contributed by atoms with Gasteiger partial charge in [-0.2, -0.15) is 0 Å². The van der Waals surface area contributed by atoms with E-state index in [0.717, 1.165) is 0 Å². The van der Waals surface area contributed by atoms with Crippen LogP contribution in [0.15, 0.2) is 0 Å². The third kappa shape index (κ3) is 2.10. The molecule has 0 aliphatic heterocycles. The molecule has 0 rings (SSSR count). The van der Waals surface area contributed by atoms with Crippen LogP contribution in [0.3, 0.4) is 0 Å². The van der Waals surface area contributed by atoms with Crippen LogP contribution in [-0.2, 0) is 0 Å². The average molecular weight is 91.1 g/mol. The Morgan fingerprint density at radius 1 is 1.83 bits per heavy atom. The van der Waals surface area contributed by atoms with Gasteiger partial charge in [-0.3, -0.25) is 5.84 Å². The van der Waals surface area contributed by atoms with Gasteiger partial charge in [0.15, 0.2) is 0 Å². The number of hydrazine groups is 1. The molecule has 0 aliphatic rings. The molecule has 4 heteroatoms. The molecule has 0 heterocycles. The molecule has 0 aromatic carbocycles. The number of aliphatic hydroxyl groups excluding tert-OH is 1. The first-order valence-corrected chi connectivity index (χ1v) is 1.65. The molecule has 1 unspecified atom stereocenters.